The van der Waals surface area contributed by atoms with Gasteiger partial charge in [-0.2, -0.15) is 5.26 Å². The van der Waals surface area contributed by atoms with Crippen LogP contribution in [0.3, 0.4) is 0 Å². The van der Waals surface area contributed by atoms with Crippen LogP contribution >= 0.6 is 22.9 Å². The minimum Gasteiger partial charge on any atom is -0.337 e. The van der Waals surface area contributed by atoms with Crippen LogP contribution in [-0.2, 0) is 0 Å². The Morgan fingerprint density at radius 3 is 2.95 bits per heavy atom. The number of thiophene rings is 1. The van der Waals surface area contributed by atoms with Gasteiger partial charge in [0.05, 0.1) is 20.9 Å². The van der Waals surface area contributed by atoms with Crippen LogP contribution in [-0.4, -0.2) is 9.97 Å². The number of nitriles is 1. The van der Waals surface area contributed by atoms with Crippen molar-refractivity contribution in [1.29, 1.82) is 5.26 Å². The molecule has 0 radical (unpaired) electrons. The first-order valence-electron chi connectivity index (χ1n) is 5.99. The van der Waals surface area contributed by atoms with E-state index in [4.69, 9.17) is 11.6 Å². The van der Waals surface area contributed by atoms with E-state index in [1.165, 1.54) is 11.3 Å². The molecule has 3 aromatic rings. The molecular weight excluding hydrogens is 290 g/mol. The Labute approximate surface area is 125 Å². The quantitative estimate of drug-likeness (QED) is 0.700. The average molecular weight is 300 g/mol. The number of hydrogen-bond donors (Lipinski definition) is 1. The zero-order valence-corrected chi connectivity index (χ0v) is 12.2. The van der Waals surface area contributed by atoms with Crippen molar-refractivity contribution >= 4 is 45.6 Å². The van der Waals surface area contributed by atoms with Crippen LogP contribution in [0.4, 0.5) is 0 Å². The van der Waals surface area contributed by atoms with Crippen LogP contribution in [0.2, 0.25) is 4.34 Å². The van der Waals surface area contributed by atoms with E-state index < -0.39 is 0 Å². The lowest BCUT2D eigenvalue weighted by atomic mass is 10.2. The fourth-order valence-electron chi connectivity index (χ4n) is 1.95. The third kappa shape index (κ3) is 2.46. The number of H-pyrrole nitrogens is 1. The number of nitrogens with zero attached hydrogens (tertiary/aromatic N) is 2. The molecule has 0 fully saturated rings. The second-order valence-corrected chi connectivity index (χ2v) is 6.16. The second-order valence-electron chi connectivity index (χ2n) is 4.42. The third-order valence-corrected chi connectivity index (χ3v) is 4.07. The predicted molar refractivity (Wildman–Crippen MR) is 83.6 cm³/mol. The Bertz CT molecular complexity index is 852. The number of halogens is 1. The topological polar surface area (TPSA) is 52.5 Å². The number of imidazole rings is 1. The van der Waals surface area contributed by atoms with Crippen LogP contribution in [0.25, 0.3) is 22.7 Å². The van der Waals surface area contributed by atoms with Crippen molar-refractivity contribution in [3.8, 4) is 6.07 Å². The number of fused-ring (bicyclic) bond motifs is 1. The molecule has 0 saturated heterocycles. The van der Waals surface area contributed by atoms with Gasteiger partial charge >= 0.3 is 0 Å². The van der Waals surface area contributed by atoms with Gasteiger partial charge in [0, 0.05) is 4.88 Å². The molecule has 0 aliphatic rings. The van der Waals surface area contributed by atoms with Crippen LogP contribution in [0.5, 0.6) is 0 Å². The smallest absolute Gasteiger partial charge is 0.149 e. The van der Waals surface area contributed by atoms with Gasteiger partial charge in [-0.1, -0.05) is 17.7 Å². The molecule has 0 saturated carbocycles. The predicted octanol–water partition coefficient (Wildman–Crippen LogP) is 4.65. The number of hydrogen-bond acceptors (Lipinski definition) is 3. The Hall–Kier alpha value is -2.09. The highest BCUT2D eigenvalue weighted by Crippen LogP contribution is 2.26. The SMILES string of the molecule is Cc1ccc2nc(/C(C#N)=C\c3ccc(Cl)s3)[nH]c2c1. The summed E-state index contributed by atoms with van der Waals surface area (Å²) in [5, 5.41) is 9.32. The molecule has 1 N–H and O–H groups in total. The molecule has 1 aromatic carbocycles. The maximum Gasteiger partial charge on any atom is 0.149 e. The Balaban J connectivity index is 2.07. The molecule has 98 valence electrons. The number of aromatic nitrogens is 2. The number of benzene rings is 1. The normalized spacial score (nSPS) is 11.8. The number of aryl methyl sites for hydroxylation is 1. The summed E-state index contributed by atoms with van der Waals surface area (Å²) in [7, 11) is 0. The minimum atomic E-state index is 0.498. The second kappa shape index (κ2) is 5.12. The van der Waals surface area contributed by atoms with Gasteiger partial charge in [-0.15, -0.1) is 11.3 Å². The highest BCUT2D eigenvalue weighted by molar-refractivity contribution is 7.17. The summed E-state index contributed by atoms with van der Waals surface area (Å²) < 4.78 is 0.703. The zero-order chi connectivity index (χ0) is 14.1. The highest BCUT2D eigenvalue weighted by Gasteiger charge is 2.08. The van der Waals surface area contributed by atoms with E-state index in [1.54, 1.807) is 6.08 Å². The van der Waals surface area contributed by atoms with Gasteiger partial charge in [0.1, 0.15) is 11.9 Å². The van der Waals surface area contributed by atoms with Crippen molar-refractivity contribution in [2.75, 3.05) is 0 Å². The Kier molecular flexibility index (Phi) is 3.31. The molecule has 5 heteroatoms. The van der Waals surface area contributed by atoms with Gasteiger partial charge in [-0.05, 0) is 42.8 Å². The van der Waals surface area contributed by atoms with Gasteiger partial charge < -0.3 is 4.98 Å². The third-order valence-electron chi connectivity index (χ3n) is 2.89. The highest BCUT2D eigenvalue weighted by atomic mass is 35.5. The van der Waals surface area contributed by atoms with Crippen molar-refractivity contribution in [2.24, 2.45) is 0 Å². The molecule has 0 amide bonds. The van der Waals surface area contributed by atoms with E-state index in [2.05, 4.69) is 16.0 Å². The van der Waals surface area contributed by atoms with Crippen LogP contribution in [0.15, 0.2) is 30.3 Å². The van der Waals surface area contributed by atoms with Crippen molar-refractivity contribution in [3.63, 3.8) is 0 Å². The van der Waals surface area contributed by atoms with E-state index in [-0.39, 0.29) is 0 Å². The molecule has 2 heterocycles. The molecule has 3 nitrogen and oxygen atoms in total. The summed E-state index contributed by atoms with van der Waals surface area (Å²) in [5.74, 6) is 0.581. The van der Waals surface area contributed by atoms with Gasteiger partial charge in [0.25, 0.3) is 0 Å². The summed E-state index contributed by atoms with van der Waals surface area (Å²) in [6.07, 6.45) is 1.79. The van der Waals surface area contributed by atoms with Crippen LogP contribution < -0.4 is 0 Å². The van der Waals surface area contributed by atoms with E-state index >= 15 is 0 Å². The molecule has 0 aliphatic carbocycles. The minimum absolute atomic E-state index is 0.498. The first kappa shape index (κ1) is 12.9. The van der Waals surface area contributed by atoms with Crippen LogP contribution in [0.1, 0.15) is 16.3 Å². The molecular formula is C15H10ClN3S. The van der Waals surface area contributed by atoms with Crippen molar-refractivity contribution in [1.82, 2.24) is 9.97 Å². The first-order valence-corrected chi connectivity index (χ1v) is 7.19. The number of nitrogens with one attached hydrogen (secondary N) is 1. The molecule has 0 atom stereocenters. The lowest BCUT2D eigenvalue weighted by molar-refractivity contribution is 1.27. The van der Waals surface area contributed by atoms with Crippen molar-refractivity contribution in [3.05, 3.63) is 50.9 Å². The van der Waals surface area contributed by atoms with E-state index in [0.717, 1.165) is 21.5 Å². The standard InChI is InChI=1S/C15H10ClN3S/c1-9-2-4-12-13(6-9)19-15(18-12)10(8-17)7-11-3-5-14(16)20-11/h2-7H,1H3,(H,18,19)/b10-7-. The van der Waals surface area contributed by atoms with E-state index in [9.17, 15) is 5.26 Å². The molecule has 0 spiro atoms. The van der Waals surface area contributed by atoms with Crippen LogP contribution in [0, 0.1) is 18.3 Å². The Morgan fingerprint density at radius 1 is 1.40 bits per heavy atom. The fourth-order valence-corrected chi connectivity index (χ4v) is 2.96. The first-order chi connectivity index (χ1) is 9.65. The largest absolute Gasteiger partial charge is 0.337 e. The van der Waals surface area contributed by atoms with Crippen molar-refractivity contribution in [2.45, 2.75) is 6.92 Å². The number of allylic oxidation sites excluding steroid dienone is 1. The molecule has 0 unspecified atom stereocenters. The summed E-state index contributed by atoms with van der Waals surface area (Å²) in [6.45, 7) is 2.02. The summed E-state index contributed by atoms with van der Waals surface area (Å²) in [5.41, 5.74) is 3.44. The summed E-state index contributed by atoms with van der Waals surface area (Å²) >= 11 is 7.33. The molecule has 2 aromatic heterocycles. The zero-order valence-electron chi connectivity index (χ0n) is 10.6. The van der Waals surface area contributed by atoms with Gasteiger partial charge in [0.15, 0.2) is 0 Å². The van der Waals surface area contributed by atoms with Gasteiger partial charge in [0.2, 0.25) is 0 Å². The lowest BCUT2D eigenvalue weighted by Crippen LogP contribution is -1.83. The van der Waals surface area contributed by atoms with Crippen molar-refractivity contribution < 1.29 is 0 Å². The monoisotopic (exact) mass is 299 g/mol. The number of aromatic amines is 1. The summed E-state index contributed by atoms with van der Waals surface area (Å²) in [4.78, 5) is 8.57. The van der Waals surface area contributed by atoms with Gasteiger partial charge in [-0.3, -0.25) is 0 Å². The average Bonchev–Trinajstić information content (AvgIpc) is 3.01. The fraction of sp³-hybridized carbons (Fsp3) is 0.0667. The maximum absolute atomic E-state index is 9.32. The van der Waals surface area contributed by atoms with Gasteiger partial charge in [-0.25, -0.2) is 4.98 Å². The van der Waals surface area contributed by atoms with E-state index in [1.807, 2.05) is 37.3 Å². The maximum atomic E-state index is 9.32. The molecule has 20 heavy (non-hydrogen) atoms. The molecule has 0 aliphatic heterocycles. The number of rotatable bonds is 2. The van der Waals surface area contributed by atoms with E-state index in [0.29, 0.717) is 15.7 Å². The molecule has 3 rings (SSSR count). The Morgan fingerprint density at radius 2 is 2.25 bits per heavy atom. The molecule has 0 bridgehead atoms. The summed E-state index contributed by atoms with van der Waals surface area (Å²) in [6, 6.07) is 11.8. The lowest BCUT2D eigenvalue weighted by Gasteiger charge is -1.91.